The molecule has 1 aliphatic carbocycles. The Kier molecular flexibility index (Phi) is 6.65. The Morgan fingerprint density at radius 3 is 2.56 bits per heavy atom. The Hall–Kier alpha value is -0.610. The number of hydrogen-bond donors (Lipinski definition) is 3. The van der Waals surface area contributed by atoms with Crippen molar-refractivity contribution >= 4 is 5.91 Å². The van der Waals surface area contributed by atoms with Crippen LogP contribution in [0.4, 0.5) is 0 Å². The molecule has 0 aromatic carbocycles. The molecular formula is C14H28N2O2. The second-order valence-electron chi connectivity index (χ2n) is 5.59. The third-order valence-corrected chi connectivity index (χ3v) is 3.98. The Labute approximate surface area is 110 Å². The lowest BCUT2D eigenvalue weighted by atomic mass is 9.82. The number of carbonyl (C=O) groups excluding carboxylic acids is 1. The third kappa shape index (κ3) is 4.58. The largest absolute Gasteiger partial charge is 0.396 e. The number of nitrogens with two attached hydrogens (primary N) is 1. The summed E-state index contributed by atoms with van der Waals surface area (Å²) in [6, 6.07) is 0. The van der Waals surface area contributed by atoms with Gasteiger partial charge in [0.2, 0.25) is 5.91 Å². The molecule has 4 nitrogen and oxygen atoms in total. The molecule has 0 saturated heterocycles. The van der Waals surface area contributed by atoms with Gasteiger partial charge in [0.15, 0.2) is 0 Å². The maximum absolute atomic E-state index is 12.1. The Balaban J connectivity index is 2.38. The Morgan fingerprint density at radius 2 is 2.00 bits per heavy atom. The maximum Gasteiger partial charge on any atom is 0.240 e. The van der Waals surface area contributed by atoms with E-state index in [1.807, 2.05) is 0 Å². The first-order valence-corrected chi connectivity index (χ1v) is 7.30. The second-order valence-corrected chi connectivity index (χ2v) is 5.59. The number of amides is 1. The maximum atomic E-state index is 12.1. The van der Waals surface area contributed by atoms with Crippen LogP contribution < -0.4 is 11.1 Å². The van der Waals surface area contributed by atoms with E-state index in [4.69, 9.17) is 10.8 Å². The van der Waals surface area contributed by atoms with Crippen LogP contribution in [-0.2, 0) is 4.79 Å². The molecule has 0 aliphatic heterocycles. The minimum Gasteiger partial charge on any atom is -0.396 e. The molecule has 1 amide bonds. The van der Waals surface area contributed by atoms with Gasteiger partial charge in [-0.15, -0.1) is 0 Å². The minimum absolute atomic E-state index is 0.00115. The fourth-order valence-corrected chi connectivity index (χ4v) is 2.76. The van der Waals surface area contributed by atoms with Crippen molar-refractivity contribution in [3.8, 4) is 0 Å². The van der Waals surface area contributed by atoms with Crippen LogP contribution in [0.2, 0.25) is 0 Å². The summed E-state index contributed by atoms with van der Waals surface area (Å²) in [7, 11) is 0. The van der Waals surface area contributed by atoms with Crippen LogP contribution in [0.3, 0.4) is 0 Å². The van der Waals surface area contributed by atoms with Gasteiger partial charge in [0.25, 0.3) is 0 Å². The molecule has 0 aromatic heterocycles. The number of nitrogens with one attached hydrogen (secondary N) is 1. The molecule has 18 heavy (non-hydrogen) atoms. The summed E-state index contributed by atoms with van der Waals surface area (Å²) < 4.78 is 0. The average Bonchev–Trinajstić information content (AvgIpc) is 2.37. The summed E-state index contributed by atoms with van der Waals surface area (Å²) in [5.74, 6) is 0.373. The van der Waals surface area contributed by atoms with Crippen LogP contribution in [-0.4, -0.2) is 29.7 Å². The highest BCUT2D eigenvalue weighted by atomic mass is 16.3. The molecule has 0 spiro atoms. The molecule has 1 rings (SSSR count). The molecule has 0 heterocycles. The molecule has 106 valence electrons. The average molecular weight is 256 g/mol. The van der Waals surface area contributed by atoms with E-state index in [9.17, 15) is 4.79 Å². The number of hydrogen-bond acceptors (Lipinski definition) is 3. The molecule has 0 bridgehead atoms. The summed E-state index contributed by atoms with van der Waals surface area (Å²) in [5, 5.41) is 12.0. The number of carbonyl (C=O) groups is 1. The van der Waals surface area contributed by atoms with Crippen LogP contribution in [0, 0.1) is 5.92 Å². The van der Waals surface area contributed by atoms with Crippen molar-refractivity contribution < 1.29 is 9.90 Å². The van der Waals surface area contributed by atoms with E-state index in [1.54, 1.807) is 0 Å². The smallest absolute Gasteiger partial charge is 0.240 e. The number of aliphatic hydroxyl groups is 1. The summed E-state index contributed by atoms with van der Waals surface area (Å²) in [4.78, 5) is 12.1. The molecule has 4 heteroatoms. The van der Waals surface area contributed by atoms with Crippen molar-refractivity contribution in [2.75, 3.05) is 13.2 Å². The first kappa shape index (κ1) is 15.4. The van der Waals surface area contributed by atoms with E-state index < -0.39 is 5.54 Å². The van der Waals surface area contributed by atoms with Gasteiger partial charge in [-0.25, -0.2) is 0 Å². The van der Waals surface area contributed by atoms with Gasteiger partial charge in [-0.1, -0.05) is 32.6 Å². The minimum atomic E-state index is -0.645. The van der Waals surface area contributed by atoms with Gasteiger partial charge in [0.05, 0.1) is 5.54 Å². The normalized spacial score (nSPS) is 20.4. The lowest BCUT2D eigenvalue weighted by Crippen LogP contribution is -2.55. The van der Waals surface area contributed by atoms with Gasteiger partial charge in [0, 0.05) is 13.2 Å². The highest BCUT2D eigenvalue weighted by Crippen LogP contribution is 2.26. The van der Waals surface area contributed by atoms with Crippen molar-refractivity contribution in [2.24, 2.45) is 11.7 Å². The van der Waals surface area contributed by atoms with Gasteiger partial charge >= 0.3 is 0 Å². The highest BCUT2D eigenvalue weighted by Gasteiger charge is 2.35. The van der Waals surface area contributed by atoms with Crippen LogP contribution in [0.25, 0.3) is 0 Å². The Morgan fingerprint density at radius 1 is 1.33 bits per heavy atom. The molecule has 0 radical (unpaired) electrons. The van der Waals surface area contributed by atoms with E-state index >= 15 is 0 Å². The van der Waals surface area contributed by atoms with Crippen molar-refractivity contribution in [2.45, 2.75) is 63.8 Å². The van der Waals surface area contributed by atoms with Gasteiger partial charge in [-0.3, -0.25) is 4.79 Å². The third-order valence-electron chi connectivity index (χ3n) is 3.98. The van der Waals surface area contributed by atoms with E-state index in [0.29, 0.717) is 12.5 Å². The van der Waals surface area contributed by atoms with Crippen molar-refractivity contribution in [3.05, 3.63) is 0 Å². The second kappa shape index (κ2) is 7.74. The molecular weight excluding hydrogens is 228 g/mol. The standard InChI is InChI=1S/C14H28N2O2/c1-2-6-12(7-10-17)11-16-13(18)14(15)8-4-3-5-9-14/h12,17H,2-11,15H2,1H3,(H,16,18). The number of aliphatic hydroxyl groups excluding tert-OH is 1. The lowest BCUT2D eigenvalue weighted by Gasteiger charge is -2.32. The predicted molar refractivity (Wildman–Crippen MR) is 73.1 cm³/mol. The van der Waals surface area contributed by atoms with Gasteiger partial charge in [-0.05, 0) is 31.6 Å². The molecule has 0 aromatic rings. The van der Waals surface area contributed by atoms with Gasteiger partial charge in [0.1, 0.15) is 0 Å². The molecule has 4 N–H and O–H groups in total. The zero-order valence-corrected chi connectivity index (χ0v) is 11.6. The predicted octanol–water partition coefficient (Wildman–Crippen LogP) is 1.56. The van der Waals surface area contributed by atoms with Crippen molar-refractivity contribution in [1.82, 2.24) is 5.32 Å². The first-order valence-electron chi connectivity index (χ1n) is 7.30. The summed E-state index contributed by atoms with van der Waals surface area (Å²) in [6.07, 6.45) is 7.78. The molecule has 1 unspecified atom stereocenters. The Bertz CT molecular complexity index is 244. The van der Waals surface area contributed by atoms with E-state index in [0.717, 1.165) is 44.9 Å². The van der Waals surface area contributed by atoms with Gasteiger partial charge < -0.3 is 16.2 Å². The fraction of sp³-hybridized carbons (Fsp3) is 0.929. The highest BCUT2D eigenvalue weighted by molar-refractivity contribution is 5.86. The van der Waals surface area contributed by atoms with Crippen LogP contribution >= 0.6 is 0 Å². The summed E-state index contributed by atoms with van der Waals surface area (Å²) in [6.45, 7) is 2.96. The van der Waals surface area contributed by atoms with E-state index in [-0.39, 0.29) is 12.5 Å². The molecule has 1 fully saturated rings. The monoisotopic (exact) mass is 256 g/mol. The molecule has 1 saturated carbocycles. The molecule has 1 atom stereocenters. The molecule has 1 aliphatic rings. The van der Waals surface area contributed by atoms with E-state index in [2.05, 4.69) is 12.2 Å². The number of rotatable bonds is 7. The van der Waals surface area contributed by atoms with E-state index in [1.165, 1.54) is 6.42 Å². The summed E-state index contributed by atoms with van der Waals surface area (Å²) in [5.41, 5.74) is 5.53. The van der Waals surface area contributed by atoms with Crippen molar-refractivity contribution in [1.29, 1.82) is 0 Å². The summed E-state index contributed by atoms with van der Waals surface area (Å²) >= 11 is 0. The quantitative estimate of drug-likeness (QED) is 0.647. The van der Waals surface area contributed by atoms with Gasteiger partial charge in [-0.2, -0.15) is 0 Å². The zero-order valence-electron chi connectivity index (χ0n) is 11.6. The van der Waals surface area contributed by atoms with Crippen LogP contribution in [0.5, 0.6) is 0 Å². The fourth-order valence-electron chi connectivity index (χ4n) is 2.76. The first-order chi connectivity index (χ1) is 8.62. The van der Waals surface area contributed by atoms with Crippen LogP contribution in [0.1, 0.15) is 58.3 Å². The van der Waals surface area contributed by atoms with Crippen molar-refractivity contribution in [3.63, 3.8) is 0 Å². The lowest BCUT2D eigenvalue weighted by molar-refractivity contribution is -0.127. The zero-order chi connectivity index (χ0) is 13.4. The van der Waals surface area contributed by atoms with Crippen LogP contribution in [0.15, 0.2) is 0 Å². The topological polar surface area (TPSA) is 75.3 Å². The SMILES string of the molecule is CCCC(CCO)CNC(=O)C1(N)CCCCC1.